The molecule has 12 nitrogen and oxygen atoms in total. The predicted octanol–water partition coefficient (Wildman–Crippen LogP) is 4.16. The van der Waals surface area contributed by atoms with Crippen LogP contribution in [0.25, 0.3) is 16.9 Å². The maximum Gasteiger partial charge on any atom is 0.417 e. The Balaban J connectivity index is 1.42. The van der Waals surface area contributed by atoms with Crippen molar-refractivity contribution >= 4 is 34.9 Å². The van der Waals surface area contributed by atoms with E-state index in [1.807, 2.05) is 6.07 Å². The van der Waals surface area contributed by atoms with Crippen molar-refractivity contribution in [3.05, 3.63) is 48.3 Å². The molecule has 15 heteroatoms. The van der Waals surface area contributed by atoms with Crippen LogP contribution >= 0.6 is 0 Å². The number of ether oxygens (including phenoxy) is 1. The number of methoxy groups -OCH3 is 1. The van der Waals surface area contributed by atoms with Crippen molar-refractivity contribution in [2.45, 2.75) is 44.8 Å². The zero-order valence-electron chi connectivity index (χ0n) is 25.0. The number of nitrogens with one attached hydrogen (secondary N) is 1. The Morgan fingerprint density at radius 3 is 2.44 bits per heavy atom. The van der Waals surface area contributed by atoms with E-state index >= 15 is 0 Å². The molecular weight excluding hydrogens is 593 g/mol. The molecule has 240 valence electrons. The average Bonchev–Trinajstić information content (AvgIpc) is 3.45. The lowest BCUT2D eigenvalue weighted by Gasteiger charge is -2.34. The van der Waals surface area contributed by atoms with Gasteiger partial charge in [0.25, 0.3) is 0 Å². The van der Waals surface area contributed by atoms with E-state index in [4.69, 9.17) is 0 Å². The molecule has 5 heterocycles. The lowest BCUT2D eigenvalue weighted by Crippen LogP contribution is -2.48. The number of carbonyl (C=O) groups is 3. The standard InChI is InChI=1S/C30H35F3N8O4/c1-3-21(42)7-8-26(43)39-13-11-38(12-14-39)18-20-15-24-28(40-9-5-4-6-10-40)36-27(37-41(24)19-20)22-17-34-25(35-29(44)45-2)16-23(22)30(31,32)33/h3,15-17,19H,1,4-14,18H2,2H3,(H,34,35,44). The molecular formula is C30H35F3N8O4. The second kappa shape index (κ2) is 13.6. The summed E-state index contributed by atoms with van der Waals surface area (Å²) in [6.07, 6.45) is 1.55. The van der Waals surface area contributed by atoms with E-state index in [0.717, 1.165) is 44.2 Å². The molecule has 2 fully saturated rings. The maximum atomic E-state index is 14.2. The van der Waals surface area contributed by atoms with Crippen molar-refractivity contribution in [3.8, 4) is 11.4 Å². The Kier molecular flexibility index (Phi) is 9.65. The first-order valence-corrected chi connectivity index (χ1v) is 14.8. The Morgan fingerprint density at radius 1 is 1.04 bits per heavy atom. The number of aromatic nitrogens is 4. The number of alkyl halides is 3. The second-order valence-electron chi connectivity index (χ2n) is 11.0. The van der Waals surface area contributed by atoms with Crippen LogP contribution in [-0.4, -0.2) is 93.5 Å². The number of piperidine rings is 1. The van der Waals surface area contributed by atoms with Crippen molar-refractivity contribution in [1.29, 1.82) is 0 Å². The monoisotopic (exact) mass is 628 g/mol. The van der Waals surface area contributed by atoms with Gasteiger partial charge in [-0.25, -0.2) is 19.3 Å². The minimum atomic E-state index is -4.78. The van der Waals surface area contributed by atoms with E-state index in [9.17, 15) is 27.6 Å². The van der Waals surface area contributed by atoms with Gasteiger partial charge in [-0.1, -0.05) is 6.58 Å². The highest BCUT2D eigenvalue weighted by Crippen LogP contribution is 2.38. The molecule has 0 spiro atoms. The van der Waals surface area contributed by atoms with E-state index < -0.39 is 17.8 Å². The van der Waals surface area contributed by atoms with E-state index in [2.05, 4.69) is 41.5 Å². The molecule has 0 bridgehead atoms. The van der Waals surface area contributed by atoms with Crippen LogP contribution in [0.5, 0.6) is 0 Å². The summed E-state index contributed by atoms with van der Waals surface area (Å²) in [5.74, 6) is -0.130. The lowest BCUT2D eigenvalue weighted by atomic mass is 10.1. The van der Waals surface area contributed by atoms with Crippen LogP contribution in [0.1, 0.15) is 43.2 Å². The first kappa shape index (κ1) is 31.9. The van der Waals surface area contributed by atoms with Gasteiger partial charge in [0.2, 0.25) is 5.91 Å². The van der Waals surface area contributed by atoms with Gasteiger partial charge < -0.3 is 14.5 Å². The van der Waals surface area contributed by atoms with Crippen molar-refractivity contribution in [2.24, 2.45) is 0 Å². The summed E-state index contributed by atoms with van der Waals surface area (Å²) in [7, 11) is 1.10. The normalized spacial score (nSPS) is 16.1. The van der Waals surface area contributed by atoms with Crippen LogP contribution in [0.15, 0.2) is 37.2 Å². The van der Waals surface area contributed by atoms with Crippen LogP contribution in [0, 0.1) is 0 Å². The van der Waals surface area contributed by atoms with Gasteiger partial charge in [-0.3, -0.25) is 19.8 Å². The van der Waals surface area contributed by atoms with E-state index in [-0.39, 0.29) is 41.7 Å². The number of fused-ring (bicyclic) bond motifs is 1. The summed E-state index contributed by atoms with van der Waals surface area (Å²) in [5.41, 5.74) is 0.232. The Bertz CT molecular complexity index is 1580. The largest absolute Gasteiger partial charge is 0.453 e. The van der Waals surface area contributed by atoms with Gasteiger partial charge in [0.1, 0.15) is 11.3 Å². The summed E-state index contributed by atoms with van der Waals surface area (Å²) >= 11 is 0. The van der Waals surface area contributed by atoms with Crippen LogP contribution in [0.3, 0.4) is 0 Å². The van der Waals surface area contributed by atoms with Crippen molar-refractivity contribution in [3.63, 3.8) is 0 Å². The van der Waals surface area contributed by atoms with Crippen molar-refractivity contribution in [1.82, 2.24) is 29.4 Å². The van der Waals surface area contributed by atoms with Gasteiger partial charge in [0.15, 0.2) is 17.4 Å². The highest BCUT2D eigenvalue weighted by Gasteiger charge is 2.36. The molecule has 3 aromatic heterocycles. The minimum Gasteiger partial charge on any atom is -0.453 e. The smallest absolute Gasteiger partial charge is 0.417 e. The first-order chi connectivity index (χ1) is 21.5. The van der Waals surface area contributed by atoms with E-state index in [0.29, 0.717) is 57.1 Å². The number of piperazine rings is 1. The second-order valence-corrected chi connectivity index (χ2v) is 11.0. The summed E-state index contributed by atoms with van der Waals surface area (Å²) in [6, 6.07) is 2.70. The number of nitrogens with zero attached hydrogens (tertiary/aromatic N) is 7. The maximum absolute atomic E-state index is 14.2. The number of carbonyl (C=O) groups excluding carboxylic acids is 3. The molecule has 0 atom stereocenters. The van der Waals surface area contributed by atoms with E-state index in [1.54, 1.807) is 15.6 Å². The zero-order valence-corrected chi connectivity index (χ0v) is 25.0. The highest BCUT2D eigenvalue weighted by atomic mass is 19.4. The third-order valence-corrected chi connectivity index (χ3v) is 7.97. The molecule has 2 amide bonds. The molecule has 3 aromatic rings. The zero-order chi connectivity index (χ0) is 32.1. The minimum absolute atomic E-state index is 0.0599. The number of pyridine rings is 1. The fraction of sp³-hybridized carbons (Fsp3) is 0.467. The summed E-state index contributed by atoms with van der Waals surface area (Å²) in [4.78, 5) is 50.3. The van der Waals surface area contributed by atoms with Gasteiger partial charge in [-0.2, -0.15) is 13.2 Å². The van der Waals surface area contributed by atoms with E-state index in [1.165, 1.54) is 6.08 Å². The van der Waals surface area contributed by atoms with Crippen LogP contribution in [-0.2, 0) is 27.0 Å². The number of anilines is 2. The molecule has 2 saturated heterocycles. The number of halogens is 3. The fourth-order valence-corrected chi connectivity index (χ4v) is 5.57. The number of amides is 2. The molecule has 45 heavy (non-hydrogen) atoms. The SMILES string of the molecule is C=CC(=O)CCC(=O)N1CCN(Cc2cc3c(N4CCCCC4)nc(-c4cnc(NC(=O)OC)cc4C(F)(F)F)nn3c2)CC1. The summed E-state index contributed by atoms with van der Waals surface area (Å²) in [5, 5.41) is 6.66. The number of hydrogen-bond acceptors (Lipinski definition) is 9. The van der Waals surface area contributed by atoms with Gasteiger partial charge in [-0.15, -0.1) is 5.10 Å². The number of rotatable bonds is 9. The van der Waals surface area contributed by atoms with Crippen LogP contribution in [0.2, 0.25) is 0 Å². The Labute approximate surface area is 257 Å². The molecule has 0 aliphatic carbocycles. The van der Waals surface area contributed by atoms with Gasteiger partial charge in [0.05, 0.1) is 18.2 Å². The average molecular weight is 629 g/mol. The number of hydrogen-bond donors (Lipinski definition) is 1. The molecule has 0 radical (unpaired) electrons. The first-order valence-electron chi connectivity index (χ1n) is 14.8. The topological polar surface area (TPSA) is 125 Å². The molecule has 2 aliphatic heterocycles. The van der Waals surface area contributed by atoms with Crippen LogP contribution < -0.4 is 10.2 Å². The molecule has 2 aliphatic rings. The molecule has 0 aromatic carbocycles. The van der Waals surface area contributed by atoms with Gasteiger partial charge in [0, 0.05) is 71.0 Å². The third-order valence-electron chi connectivity index (χ3n) is 7.97. The number of ketones is 1. The molecule has 1 N–H and O–H groups in total. The lowest BCUT2D eigenvalue weighted by molar-refractivity contribution is -0.137. The summed E-state index contributed by atoms with van der Waals surface area (Å²) < 4.78 is 48.8. The molecule has 5 rings (SSSR count). The quantitative estimate of drug-likeness (QED) is 0.348. The third kappa shape index (κ3) is 7.59. The molecule has 0 saturated carbocycles. The molecule has 0 unspecified atom stereocenters. The van der Waals surface area contributed by atoms with Crippen LogP contribution in [0.4, 0.5) is 29.6 Å². The van der Waals surface area contributed by atoms with Crippen molar-refractivity contribution < 1.29 is 32.3 Å². The Hall–Kier alpha value is -4.53. The fourth-order valence-electron chi connectivity index (χ4n) is 5.57. The Morgan fingerprint density at radius 2 is 1.78 bits per heavy atom. The predicted molar refractivity (Wildman–Crippen MR) is 160 cm³/mol. The summed E-state index contributed by atoms with van der Waals surface area (Å²) in [6.45, 7) is 7.76. The number of allylic oxidation sites excluding steroid dienone is 1. The van der Waals surface area contributed by atoms with Crippen molar-refractivity contribution in [2.75, 3.05) is 56.6 Å². The van der Waals surface area contributed by atoms with Gasteiger partial charge in [-0.05, 0) is 43.0 Å². The van der Waals surface area contributed by atoms with Gasteiger partial charge >= 0.3 is 12.3 Å². The highest BCUT2D eigenvalue weighted by molar-refractivity contribution is 5.92.